The van der Waals surface area contributed by atoms with Crippen LogP contribution in [-0.2, 0) is 4.79 Å². The number of nitrogens with zero attached hydrogens (tertiary/aromatic N) is 1. The molecule has 0 unspecified atom stereocenters. The molecule has 0 radical (unpaired) electrons. The molecule has 70 valence electrons. The summed E-state index contributed by atoms with van der Waals surface area (Å²) in [5, 5.41) is 8.85. The molecule has 0 saturated heterocycles. The zero-order chi connectivity index (χ0) is 10.0. The summed E-state index contributed by atoms with van der Waals surface area (Å²) in [4.78, 5) is 11.5. The van der Waals surface area contributed by atoms with Crippen molar-refractivity contribution in [2.24, 2.45) is 17.8 Å². The molecule has 0 aliphatic heterocycles. The van der Waals surface area contributed by atoms with Gasteiger partial charge in [-0.3, -0.25) is 4.79 Å². The molecule has 0 N–H and O–H groups in total. The van der Waals surface area contributed by atoms with Crippen molar-refractivity contribution < 1.29 is 4.79 Å². The van der Waals surface area contributed by atoms with Crippen LogP contribution < -0.4 is 0 Å². The molecule has 0 heterocycles. The molecule has 2 heteroatoms. The largest absolute Gasteiger partial charge is 0.299 e. The van der Waals surface area contributed by atoms with Crippen LogP contribution in [0.5, 0.6) is 0 Å². The van der Waals surface area contributed by atoms with Crippen molar-refractivity contribution in [1.82, 2.24) is 0 Å². The Hall–Kier alpha value is -1.10. The fourth-order valence-corrected chi connectivity index (χ4v) is 1.79. The molecule has 0 aromatic heterocycles. The van der Waals surface area contributed by atoms with E-state index in [1.165, 1.54) is 0 Å². The summed E-state index contributed by atoms with van der Waals surface area (Å²) in [6, 6.07) is 2.21. The summed E-state index contributed by atoms with van der Waals surface area (Å²) in [6.07, 6.45) is 1.38. The van der Waals surface area contributed by atoms with Crippen LogP contribution in [-0.4, -0.2) is 5.78 Å². The molecule has 13 heavy (non-hydrogen) atoms. The van der Waals surface area contributed by atoms with Gasteiger partial charge in [-0.2, -0.15) is 5.26 Å². The van der Waals surface area contributed by atoms with E-state index < -0.39 is 0 Å². The Balaban J connectivity index is 2.76. The van der Waals surface area contributed by atoms with Gasteiger partial charge in [0, 0.05) is 12.3 Å². The average molecular weight is 177 g/mol. The second-order valence-electron chi connectivity index (χ2n) is 3.97. The number of rotatable bonds is 1. The van der Waals surface area contributed by atoms with Crippen LogP contribution in [0.25, 0.3) is 0 Å². The molecule has 0 amide bonds. The van der Waals surface area contributed by atoms with E-state index >= 15 is 0 Å². The Bertz CT molecular complexity index is 274. The summed E-state index contributed by atoms with van der Waals surface area (Å²) in [5.41, 5.74) is 1.03. The van der Waals surface area contributed by atoms with Gasteiger partial charge in [0.05, 0.1) is 12.0 Å². The highest BCUT2D eigenvalue weighted by atomic mass is 16.1. The first-order valence-electron chi connectivity index (χ1n) is 4.64. The Morgan fingerprint density at radius 2 is 2.31 bits per heavy atom. The first kappa shape index (κ1) is 9.98. The molecular weight excluding hydrogens is 162 g/mol. The minimum absolute atomic E-state index is 0.0828. The van der Waals surface area contributed by atoms with Crippen LogP contribution in [0.15, 0.2) is 12.2 Å². The topological polar surface area (TPSA) is 40.9 Å². The van der Waals surface area contributed by atoms with Gasteiger partial charge >= 0.3 is 0 Å². The van der Waals surface area contributed by atoms with Crippen LogP contribution in [0.2, 0.25) is 0 Å². The second-order valence-corrected chi connectivity index (χ2v) is 3.97. The molecule has 2 nitrogen and oxygen atoms in total. The minimum atomic E-state index is -0.108. The van der Waals surface area contributed by atoms with Gasteiger partial charge < -0.3 is 0 Å². The lowest BCUT2D eigenvalue weighted by atomic mass is 9.73. The van der Waals surface area contributed by atoms with E-state index in [2.05, 4.69) is 12.6 Å². The fraction of sp³-hybridized carbons (Fsp3) is 0.636. The van der Waals surface area contributed by atoms with Crippen molar-refractivity contribution in [2.75, 3.05) is 0 Å². The van der Waals surface area contributed by atoms with Gasteiger partial charge in [0.15, 0.2) is 0 Å². The van der Waals surface area contributed by atoms with Crippen LogP contribution in [0.1, 0.15) is 26.7 Å². The number of hydrogen-bond acceptors (Lipinski definition) is 2. The van der Waals surface area contributed by atoms with E-state index in [0.29, 0.717) is 6.42 Å². The van der Waals surface area contributed by atoms with E-state index in [4.69, 9.17) is 5.26 Å². The van der Waals surface area contributed by atoms with Gasteiger partial charge in [0.1, 0.15) is 5.78 Å². The Morgan fingerprint density at radius 1 is 1.69 bits per heavy atom. The van der Waals surface area contributed by atoms with E-state index in [1.54, 1.807) is 0 Å². The lowest BCUT2D eigenvalue weighted by Gasteiger charge is -2.29. The molecule has 0 aromatic rings. The number of carbonyl (C=O) groups is 1. The average Bonchev–Trinajstić information content (AvgIpc) is 2.09. The summed E-state index contributed by atoms with van der Waals surface area (Å²) < 4.78 is 0. The van der Waals surface area contributed by atoms with E-state index in [0.717, 1.165) is 12.0 Å². The number of ketones is 1. The third kappa shape index (κ3) is 1.98. The first-order chi connectivity index (χ1) is 6.06. The van der Waals surface area contributed by atoms with Gasteiger partial charge in [-0.1, -0.05) is 19.1 Å². The van der Waals surface area contributed by atoms with E-state index in [9.17, 15) is 4.79 Å². The minimum Gasteiger partial charge on any atom is -0.299 e. The van der Waals surface area contributed by atoms with Crippen LogP contribution in [0.3, 0.4) is 0 Å². The highest BCUT2D eigenvalue weighted by molar-refractivity contribution is 5.82. The Labute approximate surface area is 79.2 Å². The smallest absolute Gasteiger partial charge is 0.137 e. The highest BCUT2D eigenvalue weighted by Gasteiger charge is 2.33. The van der Waals surface area contributed by atoms with Gasteiger partial charge in [0.25, 0.3) is 0 Å². The SMILES string of the molecule is C=C(C)[C@H]1CC(=O)[C@@H](C)[C@H](C#N)C1. The maximum atomic E-state index is 11.5. The van der Waals surface area contributed by atoms with Gasteiger partial charge in [-0.15, -0.1) is 0 Å². The molecule has 0 spiro atoms. The van der Waals surface area contributed by atoms with E-state index in [1.807, 2.05) is 13.8 Å². The molecule has 1 saturated carbocycles. The van der Waals surface area contributed by atoms with Crippen molar-refractivity contribution in [3.8, 4) is 6.07 Å². The number of hydrogen-bond donors (Lipinski definition) is 0. The molecule has 1 aliphatic rings. The molecule has 1 rings (SSSR count). The highest BCUT2D eigenvalue weighted by Crippen LogP contribution is 2.33. The van der Waals surface area contributed by atoms with Crippen molar-refractivity contribution in [3.63, 3.8) is 0 Å². The molecular formula is C11H15NO. The summed E-state index contributed by atoms with van der Waals surface area (Å²) >= 11 is 0. The normalized spacial score (nSPS) is 33.9. The zero-order valence-corrected chi connectivity index (χ0v) is 8.21. The predicted molar refractivity (Wildman–Crippen MR) is 50.8 cm³/mol. The van der Waals surface area contributed by atoms with Crippen molar-refractivity contribution in [1.29, 1.82) is 5.26 Å². The molecule has 0 bridgehead atoms. The number of Topliss-reactive ketones (excluding diaryl/α,β-unsaturated/α-hetero) is 1. The molecule has 3 atom stereocenters. The monoisotopic (exact) mass is 177 g/mol. The quantitative estimate of drug-likeness (QED) is 0.577. The summed E-state index contributed by atoms with van der Waals surface area (Å²) in [7, 11) is 0. The van der Waals surface area contributed by atoms with Gasteiger partial charge in [-0.05, 0) is 19.3 Å². The lowest BCUT2D eigenvalue weighted by molar-refractivity contribution is -0.126. The maximum absolute atomic E-state index is 11.5. The summed E-state index contributed by atoms with van der Waals surface area (Å²) in [5.74, 6) is 0.252. The van der Waals surface area contributed by atoms with Crippen molar-refractivity contribution in [3.05, 3.63) is 12.2 Å². The predicted octanol–water partition coefficient (Wildman–Crippen LogP) is 2.32. The first-order valence-corrected chi connectivity index (χ1v) is 4.64. The second kappa shape index (κ2) is 3.74. The van der Waals surface area contributed by atoms with Crippen LogP contribution in [0.4, 0.5) is 0 Å². The van der Waals surface area contributed by atoms with Crippen LogP contribution in [0, 0.1) is 29.1 Å². The summed E-state index contributed by atoms with van der Waals surface area (Å²) in [6.45, 7) is 7.63. The third-order valence-electron chi connectivity index (χ3n) is 2.96. The maximum Gasteiger partial charge on any atom is 0.137 e. The number of carbonyl (C=O) groups excluding carboxylic acids is 1. The molecule has 0 aromatic carbocycles. The third-order valence-corrected chi connectivity index (χ3v) is 2.96. The molecule has 1 fully saturated rings. The lowest BCUT2D eigenvalue weighted by Crippen LogP contribution is -2.30. The fourth-order valence-electron chi connectivity index (χ4n) is 1.79. The standard InChI is InChI=1S/C11H15NO/c1-7(2)9-4-10(6-12)8(3)11(13)5-9/h8-10H,1,4-5H2,2-3H3/t8-,9+,10-/m0/s1. The number of allylic oxidation sites excluding steroid dienone is 1. The van der Waals surface area contributed by atoms with Crippen molar-refractivity contribution >= 4 is 5.78 Å². The van der Waals surface area contributed by atoms with Crippen LogP contribution >= 0.6 is 0 Å². The Morgan fingerprint density at radius 3 is 2.77 bits per heavy atom. The van der Waals surface area contributed by atoms with Gasteiger partial charge in [0.2, 0.25) is 0 Å². The zero-order valence-electron chi connectivity index (χ0n) is 8.21. The number of nitriles is 1. The van der Waals surface area contributed by atoms with Gasteiger partial charge in [-0.25, -0.2) is 0 Å². The van der Waals surface area contributed by atoms with Crippen molar-refractivity contribution in [2.45, 2.75) is 26.7 Å². The molecule has 1 aliphatic carbocycles. The van der Waals surface area contributed by atoms with E-state index in [-0.39, 0.29) is 23.5 Å². The Kier molecular flexibility index (Phi) is 2.87.